The summed E-state index contributed by atoms with van der Waals surface area (Å²) in [6.45, 7) is 2.05. The monoisotopic (exact) mass is 483 g/mol. The summed E-state index contributed by atoms with van der Waals surface area (Å²) in [5, 5.41) is 3.13. The van der Waals surface area contributed by atoms with Crippen molar-refractivity contribution in [1.82, 2.24) is 14.8 Å². The van der Waals surface area contributed by atoms with Crippen LogP contribution >= 0.6 is 11.3 Å². The van der Waals surface area contributed by atoms with Gasteiger partial charge in [0, 0.05) is 31.1 Å². The predicted octanol–water partition coefficient (Wildman–Crippen LogP) is 6.06. The molecule has 1 atom stereocenters. The molecule has 5 nitrogen and oxygen atoms in total. The Kier molecular flexibility index (Phi) is 5.98. The van der Waals surface area contributed by atoms with Crippen molar-refractivity contribution in [3.05, 3.63) is 77.3 Å². The summed E-state index contributed by atoms with van der Waals surface area (Å²) >= 11 is 1.72. The number of rotatable bonds is 3. The zero-order chi connectivity index (χ0) is 23.8. The number of benzene rings is 3. The fourth-order valence-corrected chi connectivity index (χ4v) is 6.75. The number of thiazole rings is 1. The lowest BCUT2D eigenvalue weighted by Gasteiger charge is -2.39. The fourth-order valence-electron chi connectivity index (χ4n) is 5.63. The molecule has 2 amide bonds. The van der Waals surface area contributed by atoms with E-state index < -0.39 is 0 Å². The summed E-state index contributed by atoms with van der Waals surface area (Å²) in [7, 11) is 0. The number of aromatic nitrogens is 1. The van der Waals surface area contributed by atoms with Gasteiger partial charge in [-0.05, 0) is 61.1 Å². The Morgan fingerprint density at radius 3 is 2.46 bits per heavy atom. The first-order valence-electron chi connectivity index (χ1n) is 12.6. The molecule has 6 rings (SSSR count). The molecule has 3 heterocycles. The molecule has 2 aliphatic heterocycles. The van der Waals surface area contributed by atoms with Gasteiger partial charge in [-0.25, -0.2) is 4.98 Å². The van der Waals surface area contributed by atoms with Gasteiger partial charge in [0.1, 0.15) is 5.01 Å². The van der Waals surface area contributed by atoms with Crippen molar-refractivity contribution in [2.24, 2.45) is 5.92 Å². The van der Waals surface area contributed by atoms with Crippen LogP contribution in [0, 0.1) is 5.92 Å². The van der Waals surface area contributed by atoms with Gasteiger partial charge in [-0.3, -0.25) is 9.59 Å². The number of amides is 2. The second-order valence-electron chi connectivity index (χ2n) is 9.66. The molecule has 1 aromatic heterocycles. The zero-order valence-corrected chi connectivity index (χ0v) is 20.5. The van der Waals surface area contributed by atoms with Gasteiger partial charge in [0.25, 0.3) is 5.91 Å². The summed E-state index contributed by atoms with van der Waals surface area (Å²) in [4.78, 5) is 35.9. The maximum atomic E-state index is 13.7. The van der Waals surface area contributed by atoms with Crippen molar-refractivity contribution in [2.45, 2.75) is 38.1 Å². The van der Waals surface area contributed by atoms with Gasteiger partial charge in [0.2, 0.25) is 5.91 Å². The van der Waals surface area contributed by atoms with Crippen LogP contribution in [0.1, 0.15) is 53.5 Å². The topological polar surface area (TPSA) is 53.5 Å². The minimum Gasteiger partial charge on any atom is -0.339 e. The molecule has 0 bridgehead atoms. The van der Waals surface area contributed by atoms with E-state index in [1.54, 1.807) is 11.3 Å². The van der Waals surface area contributed by atoms with Crippen LogP contribution in [0.25, 0.3) is 21.0 Å². The van der Waals surface area contributed by atoms with E-state index in [2.05, 4.69) is 11.0 Å². The van der Waals surface area contributed by atoms with Gasteiger partial charge >= 0.3 is 0 Å². The van der Waals surface area contributed by atoms with Gasteiger partial charge in [0.15, 0.2) is 0 Å². The van der Waals surface area contributed by atoms with Crippen LogP contribution in [0.5, 0.6) is 0 Å². The molecular weight excluding hydrogens is 454 g/mol. The lowest BCUT2D eigenvalue weighted by atomic mass is 9.92. The summed E-state index contributed by atoms with van der Waals surface area (Å²) in [6, 6.07) is 22.2. The number of para-hydroxylation sites is 1. The van der Waals surface area contributed by atoms with Gasteiger partial charge in [-0.1, -0.05) is 48.5 Å². The lowest BCUT2D eigenvalue weighted by Crippen LogP contribution is -2.46. The van der Waals surface area contributed by atoms with Crippen molar-refractivity contribution in [1.29, 1.82) is 0 Å². The molecule has 178 valence electrons. The highest BCUT2D eigenvalue weighted by atomic mass is 32.1. The number of hydrogen-bond acceptors (Lipinski definition) is 4. The van der Waals surface area contributed by atoms with E-state index in [-0.39, 0.29) is 23.8 Å². The van der Waals surface area contributed by atoms with E-state index in [0.717, 1.165) is 65.5 Å². The van der Waals surface area contributed by atoms with Crippen LogP contribution in [0.4, 0.5) is 0 Å². The minimum absolute atomic E-state index is 0.0263. The largest absolute Gasteiger partial charge is 0.339 e. The molecule has 2 aliphatic rings. The van der Waals surface area contributed by atoms with Gasteiger partial charge in [0.05, 0.1) is 16.3 Å². The van der Waals surface area contributed by atoms with Crippen LogP contribution in [-0.2, 0) is 4.79 Å². The quantitative estimate of drug-likeness (QED) is 0.356. The number of carbonyl (C=O) groups is 2. The van der Waals surface area contributed by atoms with Crippen LogP contribution in [0.3, 0.4) is 0 Å². The Morgan fingerprint density at radius 2 is 1.60 bits per heavy atom. The molecular formula is C29H29N3O2S. The van der Waals surface area contributed by atoms with Crippen molar-refractivity contribution in [3.63, 3.8) is 0 Å². The maximum Gasteiger partial charge on any atom is 0.254 e. The van der Waals surface area contributed by atoms with E-state index >= 15 is 0 Å². The van der Waals surface area contributed by atoms with E-state index in [0.29, 0.717) is 13.1 Å². The third kappa shape index (κ3) is 4.20. The van der Waals surface area contributed by atoms with Gasteiger partial charge in [-0.15, -0.1) is 11.3 Å². The van der Waals surface area contributed by atoms with Gasteiger partial charge < -0.3 is 9.80 Å². The maximum absolute atomic E-state index is 13.7. The predicted molar refractivity (Wildman–Crippen MR) is 141 cm³/mol. The molecule has 0 N–H and O–H groups in total. The number of hydrogen-bond donors (Lipinski definition) is 0. The highest BCUT2D eigenvalue weighted by Gasteiger charge is 2.36. The second-order valence-corrected chi connectivity index (χ2v) is 10.7. The van der Waals surface area contributed by atoms with Crippen molar-refractivity contribution in [2.75, 3.05) is 19.6 Å². The Bertz CT molecular complexity index is 1350. The first-order valence-corrected chi connectivity index (χ1v) is 13.4. The second kappa shape index (κ2) is 9.42. The zero-order valence-electron chi connectivity index (χ0n) is 19.7. The van der Waals surface area contributed by atoms with Crippen LogP contribution in [0.2, 0.25) is 0 Å². The SMILES string of the molecule is O=C(c1cccc2ccccc12)N1CCC(C(=O)N2CCCCC2c2nc3ccccc3s2)CC1. The average molecular weight is 484 g/mol. The summed E-state index contributed by atoms with van der Waals surface area (Å²) in [5.41, 5.74) is 1.77. The molecule has 0 radical (unpaired) electrons. The van der Waals surface area contributed by atoms with E-state index in [9.17, 15) is 9.59 Å². The minimum atomic E-state index is -0.0263. The smallest absolute Gasteiger partial charge is 0.254 e. The van der Waals surface area contributed by atoms with Gasteiger partial charge in [-0.2, -0.15) is 0 Å². The normalized spacial score (nSPS) is 19.4. The standard InChI is InChI=1S/C29H29N3O2S/c33-28(32-17-6-5-13-25(32)27-30-24-12-3-4-14-26(24)35-27)21-15-18-31(19-16-21)29(34)23-11-7-9-20-8-1-2-10-22(20)23/h1-4,7-12,14,21,25H,5-6,13,15-19H2. The first kappa shape index (κ1) is 22.2. The highest BCUT2D eigenvalue weighted by Crippen LogP contribution is 2.37. The lowest BCUT2D eigenvalue weighted by molar-refractivity contribution is -0.141. The third-order valence-corrected chi connectivity index (χ3v) is 8.67. The summed E-state index contributed by atoms with van der Waals surface area (Å²) in [6.07, 6.45) is 4.59. The molecule has 1 unspecified atom stereocenters. The van der Waals surface area contributed by atoms with E-state index in [4.69, 9.17) is 4.98 Å². The molecule has 4 aromatic rings. The number of fused-ring (bicyclic) bond motifs is 2. The highest BCUT2D eigenvalue weighted by molar-refractivity contribution is 7.18. The summed E-state index contributed by atoms with van der Waals surface area (Å²) < 4.78 is 1.18. The summed E-state index contributed by atoms with van der Waals surface area (Å²) in [5.74, 6) is 0.283. The molecule has 6 heteroatoms. The Hall–Kier alpha value is -3.25. The van der Waals surface area contributed by atoms with Crippen LogP contribution in [-0.4, -0.2) is 46.2 Å². The fraction of sp³-hybridized carbons (Fsp3) is 0.345. The third-order valence-electron chi connectivity index (χ3n) is 7.53. The number of carbonyl (C=O) groups excluding carboxylic acids is 2. The molecule has 0 saturated carbocycles. The molecule has 3 aromatic carbocycles. The Balaban J connectivity index is 1.16. The van der Waals surface area contributed by atoms with Crippen molar-refractivity contribution in [3.8, 4) is 0 Å². The number of likely N-dealkylation sites (tertiary alicyclic amines) is 2. The van der Waals surface area contributed by atoms with Crippen molar-refractivity contribution >= 4 is 44.1 Å². The Labute approximate surface area is 209 Å². The van der Waals surface area contributed by atoms with E-state index in [1.807, 2.05) is 65.6 Å². The van der Waals surface area contributed by atoms with Crippen molar-refractivity contribution < 1.29 is 9.59 Å². The van der Waals surface area contributed by atoms with Crippen LogP contribution < -0.4 is 0 Å². The molecule has 35 heavy (non-hydrogen) atoms. The number of piperidine rings is 2. The molecule has 2 saturated heterocycles. The number of nitrogens with zero attached hydrogens (tertiary/aromatic N) is 3. The van der Waals surface area contributed by atoms with E-state index in [1.165, 1.54) is 4.70 Å². The van der Waals surface area contributed by atoms with Crippen LogP contribution in [0.15, 0.2) is 66.7 Å². The molecule has 2 fully saturated rings. The molecule has 0 spiro atoms. The first-order chi connectivity index (χ1) is 17.2. The Morgan fingerprint density at radius 1 is 0.829 bits per heavy atom. The molecule has 0 aliphatic carbocycles. The average Bonchev–Trinajstić information content (AvgIpc) is 3.36.